The molecule has 2 rings (SSSR count). The van der Waals surface area contributed by atoms with Gasteiger partial charge < -0.3 is 4.74 Å². The Labute approximate surface area is 157 Å². The van der Waals surface area contributed by atoms with Gasteiger partial charge in [-0.05, 0) is 105 Å². The summed E-state index contributed by atoms with van der Waals surface area (Å²) < 4.78 is 5.67. The van der Waals surface area contributed by atoms with E-state index in [9.17, 15) is 0 Å². The summed E-state index contributed by atoms with van der Waals surface area (Å²) in [5, 5.41) is 8.38. The molecule has 0 atom stereocenters. The van der Waals surface area contributed by atoms with E-state index in [0.29, 0.717) is 6.61 Å². The third-order valence-corrected chi connectivity index (χ3v) is 4.66. The van der Waals surface area contributed by atoms with Gasteiger partial charge in [0.05, 0.1) is 19.0 Å². The molecule has 0 aliphatic heterocycles. The van der Waals surface area contributed by atoms with Gasteiger partial charge in [0.1, 0.15) is 5.75 Å². The average Bonchev–Trinajstić information content (AvgIpc) is 2.65. The first-order valence-corrected chi connectivity index (χ1v) is 9.00. The Balaban J connectivity index is 1.97. The first-order valence-electron chi connectivity index (χ1n) is 9.00. The van der Waals surface area contributed by atoms with E-state index in [0.717, 1.165) is 23.3 Å². The Morgan fingerprint density at radius 3 is 2.27 bits per heavy atom. The van der Waals surface area contributed by atoms with Crippen molar-refractivity contribution in [3.63, 3.8) is 0 Å². The van der Waals surface area contributed by atoms with E-state index in [1.165, 1.54) is 22.3 Å². The fraction of sp³-hybridized carbons (Fsp3) is 0.304. The lowest BCUT2D eigenvalue weighted by Crippen LogP contribution is -1.97. The third-order valence-electron chi connectivity index (χ3n) is 4.66. The Morgan fingerprint density at radius 1 is 0.885 bits per heavy atom. The van der Waals surface area contributed by atoms with Crippen molar-refractivity contribution in [2.24, 2.45) is 10.2 Å². The molecule has 0 saturated heterocycles. The predicted octanol–water partition coefficient (Wildman–Crippen LogP) is 5.72. The Morgan fingerprint density at radius 2 is 1.58 bits per heavy atom. The standard InChI is InChI=1S/C23H28N2O/c1-6-7-8-13-26-23-11-9-21(10-12-23)15-24-25-16-22-14-17(2)18(3)19(4)20(22)5/h6-7,9-12,14-16H,8,13H2,1-5H3/b7-6+,24-15-,25-16-. The molecule has 0 unspecified atom stereocenters. The molecule has 0 heterocycles. The van der Waals surface area contributed by atoms with Gasteiger partial charge in [-0.2, -0.15) is 10.2 Å². The number of aryl methyl sites for hydroxylation is 1. The van der Waals surface area contributed by atoms with Gasteiger partial charge in [-0.25, -0.2) is 0 Å². The lowest BCUT2D eigenvalue weighted by atomic mass is 9.95. The molecule has 26 heavy (non-hydrogen) atoms. The van der Waals surface area contributed by atoms with E-state index in [-0.39, 0.29) is 0 Å². The van der Waals surface area contributed by atoms with Crippen molar-refractivity contribution in [3.05, 3.63) is 75.9 Å². The van der Waals surface area contributed by atoms with Gasteiger partial charge in [0.2, 0.25) is 0 Å². The smallest absolute Gasteiger partial charge is 0.119 e. The molecule has 2 aromatic carbocycles. The van der Waals surface area contributed by atoms with E-state index < -0.39 is 0 Å². The summed E-state index contributed by atoms with van der Waals surface area (Å²) in [7, 11) is 0. The molecule has 0 N–H and O–H groups in total. The lowest BCUT2D eigenvalue weighted by Gasteiger charge is -2.10. The van der Waals surface area contributed by atoms with Crippen molar-refractivity contribution >= 4 is 12.4 Å². The van der Waals surface area contributed by atoms with Gasteiger partial charge in [0, 0.05) is 0 Å². The molecule has 0 aliphatic carbocycles. The van der Waals surface area contributed by atoms with E-state index in [4.69, 9.17) is 4.74 Å². The number of nitrogens with zero attached hydrogens (tertiary/aromatic N) is 2. The fourth-order valence-corrected chi connectivity index (χ4v) is 2.63. The maximum atomic E-state index is 5.67. The summed E-state index contributed by atoms with van der Waals surface area (Å²) >= 11 is 0. The molecule has 0 fully saturated rings. The number of benzene rings is 2. The second-order valence-electron chi connectivity index (χ2n) is 6.42. The van der Waals surface area contributed by atoms with Crippen molar-refractivity contribution in [1.29, 1.82) is 0 Å². The van der Waals surface area contributed by atoms with Crippen molar-refractivity contribution < 1.29 is 4.74 Å². The summed E-state index contributed by atoms with van der Waals surface area (Å²) in [5.74, 6) is 0.872. The second-order valence-corrected chi connectivity index (χ2v) is 6.42. The molecule has 136 valence electrons. The molecule has 0 saturated carbocycles. The Bertz CT molecular complexity index is 815. The number of ether oxygens (including phenoxy) is 1. The van der Waals surface area contributed by atoms with Gasteiger partial charge in [-0.15, -0.1) is 0 Å². The van der Waals surface area contributed by atoms with Gasteiger partial charge in [-0.3, -0.25) is 0 Å². The van der Waals surface area contributed by atoms with Crippen LogP contribution in [0.25, 0.3) is 0 Å². The molecule has 3 nitrogen and oxygen atoms in total. The molecule has 0 aromatic heterocycles. The van der Waals surface area contributed by atoms with E-state index >= 15 is 0 Å². The van der Waals surface area contributed by atoms with Crippen LogP contribution in [0.4, 0.5) is 0 Å². The van der Waals surface area contributed by atoms with Crippen LogP contribution in [0.5, 0.6) is 5.75 Å². The summed E-state index contributed by atoms with van der Waals surface area (Å²) in [6, 6.07) is 10.0. The quantitative estimate of drug-likeness (QED) is 0.273. The van der Waals surface area contributed by atoms with E-state index in [1.54, 1.807) is 6.21 Å². The summed E-state index contributed by atoms with van der Waals surface area (Å²) in [6.07, 6.45) is 8.63. The maximum absolute atomic E-state index is 5.67. The number of rotatable bonds is 7. The summed E-state index contributed by atoms with van der Waals surface area (Å²) in [4.78, 5) is 0. The first-order chi connectivity index (χ1) is 12.5. The highest BCUT2D eigenvalue weighted by Crippen LogP contribution is 2.20. The third kappa shape index (κ3) is 5.41. The molecule has 0 amide bonds. The van der Waals surface area contributed by atoms with Crippen LogP contribution in [0.1, 0.15) is 46.7 Å². The molecule has 0 radical (unpaired) electrons. The van der Waals surface area contributed by atoms with Crippen LogP contribution in [0.2, 0.25) is 0 Å². The highest BCUT2D eigenvalue weighted by molar-refractivity contribution is 5.84. The van der Waals surface area contributed by atoms with Gasteiger partial charge in [0.25, 0.3) is 0 Å². The zero-order valence-electron chi connectivity index (χ0n) is 16.4. The van der Waals surface area contributed by atoms with Gasteiger partial charge in [0.15, 0.2) is 0 Å². The number of hydrogen-bond acceptors (Lipinski definition) is 3. The minimum atomic E-state index is 0.691. The topological polar surface area (TPSA) is 34.0 Å². The van der Waals surface area contributed by atoms with Crippen molar-refractivity contribution in [3.8, 4) is 5.75 Å². The number of allylic oxidation sites excluding steroid dienone is 1. The molecular weight excluding hydrogens is 320 g/mol. The van der Waals surface area contributed by atoms with Crippen LogP contribution in [0.3, 0.4) is 0 Å². The zero-order chi connectivity index (χ0) is 18.9. The maximum Gasteiger partial charge on any atom is 0.119 e. The van der Waals surface area contributed by atoms with Crippen molar-refractivity contribution in [2.45, 2.75) is 41.0 Å². The van der Waals surface area contributed by atoms with Crippen LogP contribution >= 0.6 is 0 Å². The SMILES string of the molecule is C/C=C/CCOc1ccc(/C=N\N=C/c2cc(C)c(C)c(C)c2C)cc1. The Kier molecular flexibility index (Phi) is 7.34. The molecule has 0 spiro atoms. The number of hydrogen-bond donors (Lipinski definition) is 0. The zero-order valence-corrected chi connectivity index (χ0v) is 16.4. The highest BCUT2D eigenvalue weighted by Gasteiger charge is 2.05. The van der Waals surface area contributed by atoms with Gasteiger partial charge >= 0.3 is 0 Å². The molecule has 0 bridgehead atoms. The van der Waals surface area contributed by atoms with Gasteiger partial charge in [-0.1, -0.05) is 12.2 Å². The van der Waals surface area contributed by atoms with Crippen LogP contribution in [-0.4, -0.2) is 19.0 Å². The normalized spacial score (nSPS) is 11.9. The molecule has 0 aliphatic rings. The summed E-state index contributed by atoms with van der Waals surface area (Å²) in [5.41, 5.74) is 7.32. The van der Waals surface area contributed by atoms with Crippen LogP contribution < -0.4 is 4.74 Å². The molecule has 3 heteroatoms. The minimum absolute atomic E-state index is 0.691. The van der Waals surface area contributed by atoms with Crippen LogP contribution in [0, 0.1) is 27.7 Å². The lowest BCUT2D eigenvalue weighted by molar-refractivity contribution is 0.325. The average molecular weight is 348 g/mol. The molecular formula is C23H28N2O. The largest absolute Gasteiger partial charge is 0.493 e. The van der Waals surface area contributed by atoms with E-state index in [1.807, 2.05) is 43.5 Å². The fourth-order valence-electron chi connectivity index (χ4n) is 2.63. The minimum Gasteiger partial charge on any atom is -0.493 e. The van der Waals surface area contributed by atoms with Crippen LogP contribution in [0.15, 0.2) is 52.7 Å². The summed E-state index contributed by atoms with van der Waals surface area (Å²) in [6.45, 7) is 11.3. The predicted molar refractivity (Wildman–Crippen MR) is 112 cm³/mol. The molecule has 2 aromatic rings. The van der Waals surface area contributed by atoms with Crippen LogP contribution in [-0.2, 0) is 0 Å². The Hall–Kier alpha value is -2.68. The van der Waals surface area contributed by atoms with Crippen molar-refractivity contribution in [2.75, 3.05) is 6.61 Å². The van der Waals surface area contributed by atoms with E-state index in [2.05, 4.69) is 50.0 Å². The highest BCUT2D eigenvalue weighted by atomic mass is 16.5. The monoisotopic (exact) mass is 348 g/mol. The second kappa shape index (κ2) is 9.71. The van der Waals surface area contributed by atoms with Crippen molar-refractivity contribution in [1.82, 2.24) is 0 Å². The first kappa shape index (κ1) is 19.6.